The summed E-state index contributed by atoms with van der Waals surface area (Å²) in [6, 6.07) is 10.1. The van der Waals surface area contributed by atoms with Crippen molar-refractivity contribution in [3.05, 3.63) is 57.6 Å². The third-order valence-electron chi connectivity index (χ3n) is 3.55. The first-order valence-corrected chi connectivity index (χ1v) is 7.25. The van der Waals surface area contributed by atoms with Gasteiger partial charge in [0.25, 0.3) is 5.56 Å². The number of benzene rings is 2. The molecule has 0 saturated carbocycles. The van der Waals surface area contributed by atoms with Gasteiger partial charge in [0.1, 0.15) is 17.3 Å². The summed E-state index contributed by atoms with van der Waals surface area (Å²) >= 11 is 6.17. The van der Waals surface area contributed by atoms with Gasteiger partial charge in [0, 0.05) is 12.7 Å². The quantitative estimate of drug-likeness (QED) is 0.707. The Bertz CT molecular complexity index is 1070. The van der Waals surface area contributed by atoms with E-state index in [4.69, 9.17) is 17.1 Å². The molecular formula is C16H11ClN6O. The van der Waals surface area contributed by atoms with Crippen LogP contribution in [0.5, 0.6) is 0 Å². The van der Waals surface area contributed by atoms with Crippen LogP contribution in [0.3, 0.4) is 0 Å². The van der Waals surface area contributed by atoms with Crippen LogP contribution in [0.15, 0.2) is 46.6 Å². The summed E-state index contributed by atoms with van der Waals surface area (Å²) in [5, 5.41) is 16.5. The Morgan fingerprint density at radius 3 is 2.88 bits per heavy atom. The lowest BCUT2D eigenvalue weighted by Crippen LogP contribution is -2.16. The van der Waals surface area contributed by atoms with E-state index in [9.17, 15) is 10.1 Å². The number of hydrogen-bond donors (Lipinski definition) is 2. The molecule has 3 aromatic rings. The van der Waals surface area contributed by atoms with E-state index in [-0.39, 0.29) is 16.8 Å². The number of fused-ring (bicyclic) bond motifs is 1. The van der Waals surface area contributed by atoms with Crippen LogP contribution in [0.4, 0.5) is 17.1 Å². The van der Waals surface area contributed by atoms with Gasteiger partial charge in [-0.25, -0.2) is 10.5 Å². The lowest BCUT2D eigenvalue weighted by molar-refractivity contribution is 0.843. The van der Waals surface area contributed by atoms with Crippen LogP contribution < -0.4 is 10.9 Å². The topological polar surface area (TPSA) is 107 Å². The predicted molar refractivity (Wildman–Crippen MR) is 91.2 cm³/mol. The van der Waals surface area contributed by atoms with E-state index >= 15 is 0 Å². The zero-order valence-electron chi connectivity index (χ0n) is 12.5. The number of anilines is 2. The minimum Gasteiger partial charge on any atom is -0.353 e. The first-order chi connectivity index (χ1) is 11.5. The monoisotopic (exact) mass is 338 g/mol. The van der Waals surface area contributed by atoms with Gasteiger partial charge in [0.05, 0.1) is 27.9 Å². The van der Waals surface area contributed by atoms with Crippen molar-refractivity contribution in [2.75, 3.05) is 5.32 Å². The summed E-state index contributed by atoms with van der Waals surface area (Å²) < 4.78 is 1.39. The van der Waals surface area contributed by atoms with E-state index in [1.54, 1.807) is 31.3 Å². The van der Waals surface area contributed by atoms with Crippen molar-refractivity contribution in [3.8, 4) is 6.07 Å². The molecule has 0 aliphatic heterocycles. The number of nitrogens with zero attached hydrogens (tertiary/aromatic N) is 4. The Morgan fingerprint density at radius 2 is 2.17 bits per heavy atom. The molecule has 7 nitrogen and oxygen atoms in total. The predicted octanol–water partition coefficient (Wildman–Crippen LogP) is 3.86. The van der Waals surface area contributed by atoms with Crippen molar-refractivity contribution in [3.63, 3.8) is 0 Å². The summed E-state index contributed by atoms with van der Waals surface area (Å²) in [4.78, 5) is 16.4. The third kappa shape index (κ3) is 2.59. The van der Waals surface area contributed by atoms with Crippen molar-refractivity contribution in [2.24, 2.45) is 12.2 Å². The van der Waals surface area contributed by atoms with Gasteiger partial charge in [0.15, 0.2) is 0 Å². The van der Waals surface area contributed by atoms with Crippen LogP contribution in [0, 0.1) is 16.9 Å². The van der Waals surface area contributed by atoms with E-state index in [0.717, 1.165) is 0 Å². The number of rotatable bonds is 3. The lowest BCUT2D eigenvalue weighted by Gasteiger charge is -2.12. The minimum absolute atomic E-state index is 0.164. The second-order valence-corrected chi connectivity index (χ2v) is 5.46. The Morgan fingerprint density at radius 1 is 1.38 bits per heavy atom. The Kier molecular flexibility index (Phi) is 3.98. The summed E-state index contributed by atoms with van der Waals surface area (Å²) in [7, 11) is 1.62. The Balaban J connectivity index is 2.14. The van der Waals surface area contributed by atoms with Gasteiger partial charge in [-0.3, -0.25) is 4.79 Å². The molecule has 0 amide bonds. The zero-order valence-corrected chi connectivity index (χ0v) is 13.3. The van der Waals surface area contributed by atoms with E-state index in [1.165, 1.54) is 17.0 Å². The van der Waals surface area contributed by atoms with Crippen molar-refractivity contribution in [2.45, 2.75) is 0 Å². The molecule has 0 atom stereocenters. The average molecular weight is 339 g/mol. The second kappa shape index (κ2) is 6.10. The van der Waals surface area contributed by atoms with Crippen LogP contribution in [0.2, 0.25) is 5.02 Å². The largest absolute Gasteiger partial charge is 0.353 e. The number of hydrogen-bond acceptors (Lipinski definition) is 6. The van der Waals surface area contributed by atoms with Gasteiger partial charge < -0.3 is 9.88 Å². The van der Waals surface area contributed by atoms with Crippen LogP contribution in [-0.4, -0.2) is 9.55 Å². The molecular weight excluding hydrogens is 328 g/mol. The molecule has 0 fully saturated rings. The first kappa shape index (κ1) is 15.6. The molecule has 0 spiro atoms. The highest BCUT2D eigenvalue weighted by molar-refractivity contribution is 6.33. The van der Waals surface area contributed by atoms with Gasteiger partial charge in [-0.1, -0.05) is 11.6 Å². The normalized spacial score (nSPS) is 10.4. The first-order valence-electron chi connectivity index (χ1n) is 6.87. The molecule has 1 aromatic heterocycles. The Hall–Kier alpha value is -3.24. The maximum Gasteiger partial charge on any atom is 0.260 e. The van der Waals surface area contributed by atoms with Gasteiger partial charge >= 0.3 is 0 Å². The summed E-state index contributed by atoms with van der Waals surface area (Å²) in [5.74, 6) is 0. The van der Waals surface area contributed by atoms with Crippen LogP contribution in [0.1, 0.15) is 5.56 Å². The van der Waals surface area contributed by atoms with Crippen molar-refractivity contribution < 1.29 is 0 Å². The minimum atomic E-state index is -0.176. The molecule has 2 N–H and O–H groups in total. The third-order valence-corrected chi connectivity index (χ3v) is 3.87. The molecule has 118 valence electrons. The summed E-state index contributed by atoms with van der Waals surface area (Å²) in [6.45, 7) is 0. The maximum atomic E-state index is 12.2. The Labute approximate surface area is 141 Å². The summed E-state index contributed by atoms with van der Waals surface area (Å²) in [5.41, 5.74) is 8.84. The van der Waals surface area contributed by atoms with Gasteiger partial charge in [-0.2, -0.15) is 10.4 Å². The highest BCUT2D eigenvalue weighted by Gasteiger charge is 2.13. The molecule has 8 heteroatoms. The molecule has 1 heterocycles. The van der Waals surface area contributed by atoms with Crippen LogP contribution in [0.25, 0.3) is 10.9 Å². The molecule has 0 saturated heterocycles. The summed E-state index contributed by atoms with van der Waals surface area (Å²) in [6.07, 6.45) is 1.46. The standard InChI is InChI=1S/C16H11ClN6O/c1-23-8-20-13-4-2-9(6-10(13)16(23)24)21-15-11(7-18)14(22-19)5-3-12(15)17/h2-6,8,19,21H,1H3. The van der Waals surface area contributed by atoms with E-state index in [0.29, 0.717) is 27.3 Å². The molecule has 0 unspecified atom stereocenters. The molecule has 0 radical (unpaired) electrons. The molecule has 0 aliphatic carbocycles. The van der Waals surface area contributed by atoms with Gasteiger partial charge in [0.2, 0.25) is 0 Å². The number of halogens is 1. The molecule has 24 heavy (non-hydrogen) atoms. The maximum absolute atomic E-state index is 12.2. The fourth-order valence-electron chi connectivity index (χ4n) is 2.33. The average Bonchev–Trinajstić information content (AvgIpc) is 2.60. The van der Waals surface area contributed by atoms with Crippen molar-refractivity contribution in [1.29, 1.82) is 10.8 Å². The fourth-order valence-corrected chi connectivity index (χ4v) is 2.53. The highest BCUT2D eigenvalue weighted by atomic mass is 35.5. The van der Waals surface area contributed by atoms with Gasteiger partial charge in [-0.15, -0.1) is 0 Å². The molecule has 2 aromatic carbocycles. The molecule has 0 bridgehead atoms. The number of aryl methyl sites for hydroxylation is 1. The van der Waals surface area contributed by atoms with E-state index in [2.05, 4.69) is 15.4 Å². The number of nitrogens with one attached hydrogen (secondary N) is 2. The van der Waals surface area contributed by atoms with Crippen molar-refractivity contribution >= 4 is 39.6 Å². The number of aromatic nitrogens is 2. The van der Waals surface area contributed by atoms with Crippen LogP contribution >= 0.6 is 11.6 Å². The molecule has 0 aliphatic rings. The second-order valence-electron chi connectivity index (χ2n) is 5.06. The van der Waals surface area contributed by atoms with Gasteiger partial charge in [-0.05, 0) is 30.3 Å². The highest BCUT2D eigenvalue weighted by Crippen LogP contribution is 2.35. The van der Waals surface area contributed by atoms with Crippen molar-refractivity contribution in [1.82, 2.24) is 9.55 Å². The SMILES string of the molecule is Cn1cnc2ccc(Nc3c(Cl)ccc(N=N)c3C#N)cc2c1=O. The fraction of sp³-hybridized carbons (Fsp3) is 0.0625. The van der Waals surface area contributed by atoms with E-state index in [1.807, 2.05) is 6.07 Å². The van der Waals surface area contributed by atoms with E-state index < -0.39 is 0 Å². The smallest absolute Gasteiger partial charge is 0.260 e. The number of nitriles is 1. The van der Waals surface area contributed by atoms with Crippen LogP contribution in [-0.2, 0) is 7.05 Å². The lowest BCUT2D eigenvalue weighted by atomic mass is 10.1. The molecule has 3 rings (SSSR count). The zero-order chi connectivity index (χ0) is 17.3.